The molecule has 0 radical (unpaired) electrons. The first kappa shape index (κ1) is 9.81. The predicted octanol–water partition coefficient (Wildman–Crippen LogP) is 2.17. The maximum absolute atomic E-state index is 13.1. The summed E-state index contributed by atoms with van der Waals surface area (Å²) in [4.78, 5) is 0. The molecule has 0 amide bonds. The van der Waals surface area contributed by atoms with E-state index in [2.05, 4.69) is 20.7 Å². The molecular formula is C8H5BrFNO2. The normalized spacial score (nSPS) is 9.38. The molecule has 0 bridgehead atoms. The Morgan fingerprint density at radius 1 is 1.69 bits per heavy atom. The van der Waals surface area contributed by atoms with Crippen LogP contribution >= 0.6 is 15.9 Å². The van der Waals surface area contributed by atoms with E-state index in [9.17, 15) is 9.50 Å². The molecule has 3 nitrogen and oxygen atoms in total. The zero-order valence-corrected chi connectivity index (χ0v) is 8.22. The smallest absolute Gasteiger partial charge is 0.199 e. The second-order valence-corrected chi connectivity index (χ2v) is 3.07. The summed E-state index contributed by atoms with van der Waals surface area (Å²) in [5.74, 6) is -1.53. The van der Waals surface area contributed by atoms with Gasteiger partial charge in [0, 0.05) is 0 Å². The highest BCUT2D eigenvalue weighted by Crippen LogP contribution is 2.36. The Morgan fingerprint density at radius 2 is 2.31 bits per heavy atom. The third kappa shape index (κ3) is 1.58. The maximum Gasteiger partial charge on any atom is 0.199 e. The van der Waals surface area contributed by atoms with Crippen molar-refractivity contribution in [2.24, 2.45) is 0 Å². The minimum Gasteiger partial charge on any atom is -0.503 e. The second kappa shape index (κ2) is 3.62. The van der Waals surface area contributed by atoms with Crippen LogP contribution in [0.1, 0.15) is 5.56 Å². The fourth-order valence-electron chi connectivity index (χ4n) is 0.865. The van der Waals surface area contributed by atoms with Crippen molar-refractivity contribution in [3.8, 4) is 17.6 Å². The number of hydrogen-bond acceptors (Lipinski definition) is 3. The van der Waals surface area contributed by atoms with E-state index in [-0.39, 0.29) is 15.8 Å². The fourth-order valence-corrected chi connectivity index (χ4v) is 1.27. The number of methoxy groups -OCH3 is 1. The Hall–Kier alpha value is -1.28. The SMILES string of the molecule is COc1c(O)c(C#N)cc(Br)c1F. The van der Waals surface area contributed by atoms with Crippen LogP contribution in [0.4, 0.5) is 4.39 Å². The summed E-state index contributed by atoms with van der Waals surface area (Å²) in [7, 11) is 1.21. The van der Waals surface area contributed by atoms with Crippen LogP contribution in [0.25, 0.3) is 0 Å². The molecule has 0 saturated heterocycles. The predicted molar refractivity (Wildman–Crippen MR) is 47.0 cm³/mol. The van der Waals surface area contributed by atoms with Crippen molar-refractivity contribution >= 4 is 15.9 Å². The highest BCUT2D eigenvalue weighted by molar-refractivity contribution is 9.10. The van der Waals surface area contributed by atoms with Gasteiger partial charge in [-0.05, 0) is 22.0 Å². The minimum absolute atomic E-state index is 0.0369. The zero-order chi connectivity index (χ0) is 10.0. The molecule has 0 unspecified atom stereocenters. The molecular weight excluding hydrogens is 241 g/mol. The average Bonchev–Trinajstić information content (AvgIpc) is 2.12. The topological polar surface area (TPSA) is 53.2 Å². The molecule has 0 aliphatic heterocycles. The standard InChI is InChI=1S/C8H5BrFNO2/c1-13-8-6(10)5(9)2-4(3-11)7(8)12/h2,12H,1H3. The summed E-state index contributed by atoms with van der Waals surface area (Å²) in [6, 6.07) is 2.90. The summed E-state index contributed by atoms with van der Waals surface area (Å²) in [5.41, 5.74) is -0.0369. The van der Waals surface area contributed by atoms with Crippen LogP contribution in [-0.4, -0.2) is 12.2 Å². The first-order valence-corrected chi connectivity index (χ1v) is 4.06. The van der Waals surface area contributed by atoms with Crippen molar-refractivity contribution in [2.45, 2.75) is 0 Å². The summed E-state index contributed by atoms with van der Waals surface area (Å²) >= 11 is 2.90. The maximum atomic E-state index is 13.1. The van der Waals surface area contributed by atoms with Crippen LogP contribution in [0.3, 0.4) is 0 Å². The average molecular weight is 246 g/mol. The summed E-state index contributed by atoms with van der Waals surface area (Å²) in [6.45, 7) is 0. The zero-order valence-electron chi connectivity index (χ0n) is 6.64. The Bertz CT molecular complexity index is 387. The molecule has 1 aromatic carbocycles. The molecule has 0 fully saturated rings. The molecule has 0 heterocycles. The van der Waals surface area contributed by atoms with Crippen molar-refractivity contribution in [2.75, 3.05) is 7.11 Å². The Kier molecular flexibility index (Phi) is 2.73. The second-order valence-electron chi connectivity index (χ2n) is 2.21. The molecule has 0 aromatic heterocycles. The van der Waals surface area contributed by atoms with Gasteiger partial charge in [0.1, 0.15) is 6.07 Å². The van der Waals surface area contributed by atoms with Gasteiger partial charge >= 0.3 is 0 Å². The number of aromatic hydroxyl groups is 1. The van der Waals surface area contributed by atoms with Gasteiger partial charge in [-0.1, -0.05) is 0 Å². The molecule has 5 heteroatoms. The van der Waals surface area contributed by atoms with E-state index in [0.717, 1.165) is 0 Å². The van der Waals surface area contributed by atoms with Crippen molar-refractivity contribution in [1.29, 1.82) is 5.26 Å². The van der Waals surface area contributed by atoms with Crippen molar-refractivity contribution in [1.82, 2.24) is 0 Å². The number of rotatable bonds is 1. The van der Waals surface area contributed by atoms with Gasteiger partial charge in [-0.3, -0.25) is 0 Å². The monoisotopic (exact) mass is 245 g/mol. The lowest BCUT2D eigenvalue weighted by Gasteiger charge is -2.06. The van der Waals surface area contributed by atoms with E-state index in [0.29, 0.717) is 0 Å². The molecule has 0 spiro atoms. The summed E-state index contributed by atoms with van der Waals surface area (Å²) in [5, 5.41) is 17.8. The van der Waals surface area contributed by atoms with Gasteiger partial charge in [-0.2, -0.15) is 5.26 Å². The Labute approximate surface area is 82.5 Å². The highest BCUT2D eigenvalue weighted by Gasteiger charge is 2.16. The largest absolute Gasteiger partial charge is 0.503 e. The number of hydrogen-bond donors (Lipinski definition) is 1. The molecule has 1 N–H and O–H groups in total. The van der Waals surface area contributed by atoms with Crippen LogP contribution in [-0.2, 0) is 0 Å². The van der Waals surface area contributed by atoms with Gasteiger partial charge in [-0.15, -0.1) is 0 Å². The first-order valence-electron chi connectivity index (χ1n) is 3.26. The van der Waals surface area contributed by atoms with Crippen LogP contribution in [0.2, 0.25) is 0 Å². The van der Waals surface area contributed by atoms with Gasteiger partial charge in [0.15, 0.2) is 17.3 Å². The molecule has 13 heavy (non-hydrogen) atoms. The Balaban J connectivity index is 3.50. The minimum atomic E-state index is -0.723. The van der Waals surface area contributed by atoms with Crippen LogP contribution in [0.5, 0.6) is 11.5 Å². The number of nitrogens with zero attached hydrogens (tertiary/aromatic N) is 1. The Morgan fingerprint density at radius 3 is 2.77 bits per heavy atom. The molecule has 0 aliphatic rings. The number of phenolic OH excluding ortho intramolecular Hbond substituents is 1. The van der Waals surface area contributed by atoms with E-state index in [1.54, 1.807) is 6.07 Å². The van der Waals surface area contributed by atoms with Gasteiger partial charge in [0.25, 0.3) is 0 Å². The number of benzene rings is 1. The van der Waals surface area contributed by atoms with E-state index in [1.807, 2.05) is 0 Å². The van der Waals surface area contributed by atoms with E-state index in [4.69, 9.17) is 5.26 Å². The molecule has 1 aromatic rings. The van der Waals surface area contributed by atoms with Crippen molar-refractivity contribution < 1.29 is 14.2 Å². The highest BCUT2D eigenvalue weighted by atomic mass is 79.9. The van der Waals surface area contributed by atoms with Crippen LogP contribution in [0.15, 0.2) is 10.5 Å². The number of phenols is 1. The van der Waals surface area contributed by atoms with E-state index >= 15 is 0 Å². The molecule has 0 aliphatic carbocycles. The summed E-state index contributed by atoms with van der Waals surface area (Å²) in [6.07, 6.45) is 0. The van der Waals surface area contributed by atoms with Gasteiger partial charge in [0.2, 0.25) is 0 Å². The number of nitriles is 1. The van der Waals surface area contributed by atoms with Crippen molar-refractivity contribution in [3.63, 3.8) is 0 Å². The quantitative estimate of drug-likeness (QED) is 0.826. The lowest BCUT2D eigenvalue weighted by molar-refractivity contribution is 0.349. The number of halogens is 2. The number of ether oxygens (including phenoxy) is 1. The van der Waals surface area contributed by atoms with Crippen molar-refractivity contribution in [3.05, 3.63) is 21.9 Å². The molecule has 68 valence electrons. The first-order chi connectivity index (χ1) is 6.11. The molecule has 0 atom stereocenters. The third-order valence-electron chi connectivity index (χ3n) is 1.47. The lowest BCUT2D eigenvalue weighted by atomic mass is 10.2. The lowest BCUT2D eigenvalue weighted by Crippen LogP contribution is -1.92. The van der Waals surface area contributed by atoms with Crippen LogP contribution in [0, 0.1) is 17.1 Å². The molecule has 0 saturated carbocycles. The van der Waals surface area contributed by atoms with Gasteiger partial charge < -0.3 is 9.84 Å². The van der Waals surface area contributed by atoms with E-state index in [1.165, 1.54) is 13.2 Å². The van der Waals surface area contributed by atoms with Gasteiger partial charge in [0.05, 0.1) is 17.1 Å². The van der Waals surface area contributed by atoms with E-state index < -0.39 is 11.6 Å². The summed E-state index contributed by atoms with van der Waals surface area (Å²) < 4.78 is 17.8. The fraction of sp³-hybridized carbons (Fsp3) is 0.125. The van der Waals surface area contributed by atoms with Crippen LogP contribution < -0.4 is 4.74 Å². The third-order valence-corrected chi connectivity index (χ3v) is 2.05. The molecule has 1 rings (SSSR count). The van der Waals surface area contributed by atoms with Gasteiger partial charge in [-0.25, -0.2) is 4.39 Å².